The van der Waals surface area contributed by atoms with E-state index in [4.69, 9.17) is 32.7 Å². The molecule has 0 bridgehead atoms. The van der Waals surface area contributed by atoms with Gasteiger partial charge in [-0.25, -0.2) is 4.79 Å². The van der Waals surface area contributed by atoms with E-state index < -0.39 is 5.97 Å². The molecule has 0 fully saturated rings. The average Bonchev–Trinajstić information content (AvgIpc) is 3.40. The molecule has 1 aliphatic carbocycles. The van der Waals surface area contributed by atoms with Crippen molar-refractivity contribution in [3.63, 3.8) is 0 Å². The molecule has 1 amide bonds. The number of thiophene rings is 1. The number of rotatable bonds is 10. The van der Waals surface area contributed by atoms with Crippen molar-refractivity contribution in [3.05, 3.63) is 50.1 Å². The molecule has 4 rings (SSSR count). The number of hydrogen-bond acceptors (Lipinski definition) is 8. The summed E-state index contributed by atoms with van der Waals surface area (Å²) in [5.74, 6) is 0.915. The zero-order valence-corrected chi connectivity index (χ0v) is 23.1. The number of amides is 1. The smallest absolute Gasteiger partial charge is 0.341 e. The van der Waals surface area contributed by atoms with Crippen molar-refractivity contribution in [1.82, 2.24) is 14.8 Å². The number of aryl methyl sites for hydroxylation is 2. The molecule has 0 atom stereocenters. The lowest BCUT2D eigenvalue weighted by Gasteiger charge is -2.11. The summed E-state index contributed by atoms with van der Waals surface area (Å²) in [6.45, 7) is 0.465. The third kappa shape index (κ3) is 6.34. The lowest BCUT2D eigenvalue weighted by molar-refractivity contribution is -0.113. The summed E-state index contributed by atoms with van der Waals surface area (Å²) in [6, 6.07) is 5.12. The number of anilines is 1. The van der Waals surface area contributed by atoms with Crippen molar-refractivity contribution in [2.75, 3.05) is 24.8 Å². The maximum Gasteiger partial charge on any atom is 0.341 e. The van der Waals surface area contributed by atoms with Gasteiger partial charge in [-0.15, -0.1) is 21.5 Å². The number of halogens is 2. The minimum atomic E-state index is -0.405. The van der Waals surface area contributed by atoms with Crippen LogP contribution in [0.3, 0.4) is 0 Å². The van der Waals surface area contributed by atoms with E-state index in [-0.39, 0.29) is 11.7 Å². The molecule has 0 aliphatic heterocycles. The van der Waals surface area contributed by atoms with Gasteiger partial charge < -0.3 is 19.4 Å². The maximum atomic E-state index is 12.7. The highest BCUT2D eigenvalue weighted by molar-refractivity contribution is 7.99. The molecule has 0 saturated heterocycles. The van der Waals surface area contributed by atoms with Crippen molar-refractivity contribution in [2.45, 2.75) is 43.7 Å². The van der Waals surface area contributed by atoms with Gasteiger partial charge in [-0.05, 0) is 55.9 Å². The standard InChI is InChI=1S/C24H26Cl2N4O4S2/c1-30-19(8-5-11-34-17-10-9-14(25)12-16(17)26)28-29-24(30)35-13-20(31)27-22-21(23(32)33-2)15-6-3-4-7-18(15)36-22/h9-10,12H,3-8,11,13H2,1-2H3,(H,27,31). The molecular formula is C24H26Cl2N4O4S2. The van der Waals surface area contributed by atoms with Crippen molar-refractivity contribution in [3.8, 4) is 5.75 Å². The Morgan fingerprint density at radius 2 is 2.03 bits per heavy atom. The van der Waals surface area contributed by atoms with E-state index in [0.29, 0.717) is 44.5 Å². The fourth-order valence-corrected chi connectivity index (χ4v) is 6.44. The van der Waals surface area contributed by atoms with E-state index in [2.05, 4.69) is 15.5 Å². The molecule has 2 aromatic heterocycles. The Kier molecular flexibility index (Phi) is 9.16. The number of nitrogens with one attached hydrogen (secondary N) is 1. The Hall–Kier alpha value is -2.27. The van der Waals surface area contributed by atoms with Crippen LogP contribution in [0, 0.1) is 0 Å². The number of esters is 1. The van der Waals surface area contributed by atoms with Gasteiger partial charge in [-0.3, -0.25) is 4.79 Å². The van der Waals surface area contributed by atoms with Crippen LogP contribution in [0.1, 0.15) is 45.9 Å². The molecule has 1 N–H and O–H groups in total. The van der Waals surface area contributed by atoms with Crippen molar-refractivity contribution >= 4 is 63.2 Å². The Balaban J connectivity index is 1.29. The number of aromatic nitrogens is 3. The van der Waals surface area contributed by atoms with Gasteiger partial charge in [0, 0.05) is 23.4 Å². The van der Waals surface area contributed by atoms with Crippen LogP contribution < -0.4 is 10.1 Å². The van der Waals surface area contributed by atoms with Gasteiger partial charge >= 0.3 is 5.97 Å². The molecular weight excluding hydrogens is 543 g/mol. The molecule has 192 valence electrons. The van der Waals surface area contributed by atoms with Crippen LogP contribution in [0.15, 0.2) is 23.4 Å². The second-order valence-electron chi connectivity index (χ2n) is 8.23. The molecule has 3 aromatic rings. The molecule has 1 aromatic carbocycles. The van der Waals surface area contributed by atoms with E-state index in [1.165, 1.54) is 30.2 Å². The first kappa shape index (κ1) is 26.8. The second-order valence-corrected chi connectivity index (χ2v) is 11.1. The normalized spacial score (nSPS) is 12.8. The number of carbonyl (C=O) groups is 2. The van der Waals surface area contributed by atoms with Gasteiger partial charge in [-0.1, -0.05) is 35.0 Å². The van der Waals surface area contributed by atoms with Gasteiger partial charge in [0.1, 0.15) is 16.6 Å². The Morgan fingerprint density at radius 3 is 2.81 bits per heavy atom. The summed E-state index contributed by atoms with van der Waals surface area (Å²) in [4.78, 5) is 26.2. The fourth-order valence-electron chi connectivity index (χ4n) is 3.96. The lowest BCUT2D eigenvalue weighted by Crippen LogP contribution is -2.17. The topological polar surface area (TPSA) is 95.3 Å². The Labute approximate surface area is 227 Å². The number of fused-ring (bicyclic) bond motifs is 1. The predicted octanol–water partition coefficient (Wildman–Crippen LogP) is 5.59. The molecule has 0 spiro atoms. The fraction of sp³-hybridized carbons (Fsp3) is 0.417. The second kappa shape index (κ2) is 12.3. The van der Waals surface area contributed by atoms with Crippen LogP contribution in [-0.2, 0) is 35.8 Å². The summed E-state index contributed by atoms with van der Waals surface area (Å²) < 4.78 is 12.6. The number of benzene rings is 1. The molecule has 0 saturated carbocycles. The number of ether oxygens (including phenoxy) is 2. The van der Waals surface area contributed by atoms with Crippen LogP contribution in [0.5, 0.6) is 5.75 Å². The van der Waals surface area contributed by atoms with Gasteiger partial charge in [-0.2, -0.15) is 0 Å². The zero-order chi connectivity index (χ0) is 25.7. The monoisotopic (exact) mass is 568 g/mol. The number of carbonyl (C=O) groups excluding carboxylic acids is 2. The van der Waals surface area contributed by atoms with E-state index in [1.807, 2.05) is 11.6 Å². The summed E-state index contributed by atoms with van der Waals surface area (Å²) in [6.07, 6.45) is 5.26. The largest absolute Gasteiger partial charge is 0.492 e. The van der Waals surface area contributed by atoms with E-state index >= 15 is 0 Å². The number of nitrogens with zero attached hydrogens (tertiary/aromatic N) is 3. The number of hydrogen-bond donors (Lipinski definition) is 1. The third-order valence-corrected chi connectivity index (χ3v) is 8.53. The van der Waals surface area contributed by atoms with Crippen molar-refractivity contribution in [2.24, 2.45) is 7.05 Å². The quantitative estimate of drug-likeness (QED) is 0.193. The van der Waals surface area contributed by atoms with Crippen LogP contribution in [0.4, 0.5) is 5.00 Å². The van der Waals surface area contributed by atoms with Crippen molar-refractivity contribution in [1.29, 1.82) is 0 Å². The molecule has 12 heteroatoms. The van der Waals surface area contributed by atoms with Crippen LogP contribution in [0.2, 0.25) is 10.0 Å². The highest BCUT2D eigenvalue weighted by atomic mass is 35.5. The summed E-state index contributed by atoms with van der Waals surface area (Å²) >= 11 is 14.8. The van der Waals surface area contributed by atoms with Gasteiger partial charge in [0.2, 0.25) is 5.91 Å². The molecule has 0 unspecified atom stereocenters. The van der Waals surface area contributed by atoms with Gasteiger partial charge in [0.15, 0.2) is 5.16 Å². The maximum absolute atomic E-state index is 12.7. The first-order chi connectivity index (χ1) is 17.4. The molecule has 2 heterocycles. The summed E-state index contributed by atoms with van der Waals surface area (Å²) in [5, 5.41) is 13.6. The molecule has 8 nitrogen and oxygen atoms in total. The van der Waals surface area contributed by atoms with E-state index in [1.54, 1.807) is 18.2 Å². The van der Waals surface area contributed by atoms with Gasteiger partial charge in [0.25, 0.3) is 0 Å². The highest BCUT2D eigenvalue weighted by Crippen LogP contribution is 2.38. The lowest BCUT2D eigenvalue weighted by atomic mass is 9.95. The zero-order valence-electron chi connectivity index (χ0n) is 19.9. The molecule has 0 radical (unpaired) electrons. The molecule has 1 aliphatic rings. The first-order valence-electron chi connectivity index (χ1n) is 11.5. The minimum Gasteiger partial charge on any atom is -0.492 e. The Bertz CT molecular complexity index is 1260. The van der Waals surface area contributed by atoms with Crippen LogP contribution >= 0.6 is 46.3 Å². The SMILES string of the molecule is COC(=O)c1c(NC(=O)CSc2nnc(CCCOc3ccc(Cl)cc3Cl)n2C)sc2c1CCCC2. The van der Waals surface area contributed by atoms with Gasteiger partial charge in [0.05, 0.1) is 30.1 Å². The van der Waals surface area contributed by atoms with E-state index in [0.717, 1.165) is 48.4 Å². The summed E-state index contributed by atoms with van der Waals surface area (Å²) in [5.41, 5.74) is 1.51. The van der Waals surface area contributed by atoms with Crippen molar-refractivity contribution < 1.29 is 19.1 Å². The third-order valence-electron chi connectivity index (χ3n) is 5.77. The first-order valence-corrected chi connectivity index (χ1v) is 14.0. The summed E-state index contributed by atoms with van der Waals surface area (Å²) in [7, 11) is 3.23. The highest BCUT2D eigenvalue weighted by Gasteiger charge is 2.27. The minimum absolute atomic E-state index is 0.146. The average molecular weight is 570 g/mol. The predicted molar refractivity (Wildman–Crippen MR) is 143 cm³/mol. The van der Waals surface area contributed by atoms with Crippen LogP contribution in [-0.4, -0.2) is 46.1 Å². The van der Waals surface area contributed by atoms with Crippen LogP contribution in [0.25, 0.3) is 0 Å². The molecule has 36 heavy (non-hydrogen) atoms. The number of thioether (sulfide) groups is 1. The number of methoxy groups -OCH3 is 1. The van der Waals surface area contributed by atoms with E-state index in [9.17, 15) is 9.59 Å². The Morgan fingerprint density at radius 1 is 1.22 bits per heavy atom.